The molecule has 26 heavy (non-hydrogen) atoms. The highest BCUT2D eigenvalue weighted by Crippen LogP contribution is 2.38. The van der Waals surface area contributed by atoms with E-state index < -0.39 is 25.5 Å². The van der Waals surface area contributed by atoms with Crippen LogP contribution in [0.25, 0.3) is 0 Å². The minimum Gasteiger partial charge on any atom is -0.423 e. The molecule has 1 aliphatic rings. The first-order valence-corrected chi connectivity index (χ1v) is 13.3. The van der Waals surface area contributed by atoms with Gasteiger partial charge in [0.1, 0.15) is 0 Å². The van der Waals surface area contributed by atoms with Gasteiger partial charge in [-0.1, -0.05) is 32.9 Å². The fourth-order valence-electron chi connectivity index (χ4n) is 2.74. The largest absolute Gasteiger partial charge is 0.488 e. The van der Waals surface area contributed by atoms with Gasteiger partial charge in [-0.15, -0.1) is 0 Å². The highest BCUT2D eigenvalue weighted by atomic mass is 32.2. The van der Waals surface area contributed by atoms with Crippen LogP contribution in [-0.4, -0.2) is 57.4 Å². The summed E-state index contributed by atoms with van der Waals surface area (Å²) in [6, 6.07) is 5.68. The molecule has 0 bridgehead atoms. The second-order valence-corrected chi connectivity index (χ2v) is 15.1. The maximum absolute atomic E-state index is 12.8. The molecule has 0 saturated carbocycles. The number of piperidine rings is 1. The molecular formula is C17H30BNO5SSi. The highest BCUT2D eigenvalue weighted by molar-refractivity contribution is 7.89. The summed E-state index contributed by atoms with van der Waals surface area (Å²) < 4.78 is 33.5. The fourth-order valence-corrected chi connectivity index (χ4v) is 5.64. The Morgan fingerprint density at radius 3 is 2.04 bits per heavy atom. The molecule has 0 radical (unpaired) electrons. The molecule has 1 aromatic carbocycles. The Hall–Kier alpha value is -0.708. The van der Waals surface area contributed by atoms with Crippen molar-refractivity contribution in [2.24, 2.45) is 0 Å². The molecule has 146 valence electrons. The second-order valence-electron chi connectivity index (χ2n) is 8.42. The van der Waals surface area contributed by atoms with E-state index in [0.29, 0.717) is 25.9 Å². The van der Waals surface area contributed by atoms with E-state index in [1.807, 2.05) is 0 Å². The topological polar surface area (TPSA) is 87.1 Å². The summed E-state index contributed by atoms with van der Waals surface area (Å²) in [5.41, 5.74) is 0.269. The van der Waals surface area contributed by atoms with Gasteiger partial charge in [0, 0.05) is 19.2 Å². The number of hydrogen-bond donors (Lipinski definition) is 2. The van der Waals surface area contributed by atoms with Gasteiger partial charge in [-0.2, -0.15) is 4.31 Å². The molecule has 0 aliphatic carbocycles. The third-order valence-electron chi connectivity index (χ3n) is 5.48. The van der Waals surface area contributed by atoms with Crippen LogP contribution >= 0.6 is 0 Å². The van der Waals surface area contributed by atoms with E-state index in [1.165, 1.54) is 28.6 Å². The lowest BCUT2D eigenvalue weighted by Crippen LogP contribution is -2.48. The van der Waals surface area contributed by atoms with Crippen molar-refractivity contribution in [3.63, 3.8) is 0 Å². The molecule has 1 aliphatic heterocycles. The van der Waals surface area contributed by atoms with Gasteiger partial charge in [-0.25, -0.2) is 8.42 Å². The monoisotopic (exact) mass is 399 g/mol. The average Bonchev–Trinajstić information content (AvgIpc) is 2.54. The molecule has 1 fully saturated rings. The summed E-state index contributed by atoms with van der Waals surface area (Å²) in [5, 5.41) is 18.4. The van der Waals surface area contributed by atoms with Gasteiger partial charge in [0.25, 0.3) is 0 Å². The lowest BCUT2D eigenvalue weighted by Gasteiger charge is -2.41. The number of rotatable bonds is 5. The van der Waals surface area contributed by atoms with Crippen molar-refractivity contribution in [2.45, 2.75) is 62.7 Å². The van der Waals surface area contributed by atoms with Crippen LogP contribution in [0.5, 0.6) is 0 Å². The van der Waals surface area contributed by atoms with E-state index in [-0.39, 0.29) is 21.5 Å². The number of hydrogen-bond acceptors (Lipinski definition) is 5. The first kappa shape index (κ1) is 21.6. The molecule has 0 aromatic heterocycles. The Balaban J connectivity index is 2.02. The standard InChI is InChI=1S/C17H30BNO5SSi/c1-17(2,3)26(4,5)24-15-10-12-19(13-11-15)25(22,23)16-8-6-14(7-9-16)18(20)21/h6-9,15,20-21H,10-13H2,1-5H3. The maximum Gasteiger partial charge on any atom is 0.488 e. The summed E-state index contributed by atoms with van der Waals surface area (Å²) in [7, 11) is -7.03. The van der Waals surface area contributed by atoms with Crippen LogP contribution in [0.1, 0.15) is 33.6 Å². The first-order chi connectivity index (χ1) is 11.8. The Morgan fingerprint density at radius 2 is 1.62 bits per heavy atom. The van der Waals surface area contributed by atoms with E-state index >= 15 is 0 Å². The molecule has 9 heteroatoms. The number of benzene rings is 1. The van der Waals surface area contributed by atoms with E-state index in [4.69, 9.17) is 14.5 Å². The maximum atomic E-state index is 12.8. The molecular weight excluding hydrogens is 369 g/mol. The molecule has 0 amide bonds. The summed E-state index contributed by atoms with van der Waals surface area (Å²) in [6.45, 7) is 11.9. The van der Waals surface area contributed by atoms with E-state index in [9.17, 15) is 8.42 Å². The molecule has 2 N–H and O–H groups in total. The summed E-state index contributed by atoms with van der Waals surface area (Å²) in [5.74, 6) is 0. The van der Waals surface area contributed by atoms with Crippen LogP contribution in [0, 0.1) is 0 Å². The van der Waals surface area contributed by atoms with Gasteiger partial charge in [-0.05, 0) is 48.6 Å². The Labute approximate surface area is 158 Å². The summed E-state index contributed by atoms with van der Waals surface area (Å²) >= 11 is 0. The van der Waals surface area contributed by atoms with Crippen molar-refractivity contribution in [1.29, 1.82) is 0 Å². The predicted octanol–water partition coefficient (Wildman–Crippen LogP) is 1.54. The summed E-state index contributed by atoms with van der Waals surface area (Å²) in [4.78, 5) is 0.172. The molecule has 1 heterocycles. The fraction of sp³-hybridized carbons (Fsp3) is 0.647. The lowest BCUT2D eigenvalue weighted by atomic mass is 9.81. The van der Waals surface area contributed by atoms with Crippen LogP contribution in [-0.2, 0) is 14.4 Å². The molecule has 1 saturated heterocycles. The van der Waals surface area contributed by atoms with E-state index in [2.05, 4.69) is 33.9 Å². The third kappa shape index (κ3) is 4.76. The van der Waals surface area contributed by atoms with Gasteiger partial charge in [0.05, 0.1) is 4.90 Å². The zero-order valence-electron chi connectivity index (χ0n) is 16.3. The van der Waals surface area contributed by atoms with Crippen LogP contribution in [0.15, 0.2) is 29.2 Å². The molecule has 0 spiro atoms. The van der Waals surface area contributed by atoms with Crippen molar-refractivity contribution in [1.82, 2.24) is 4.31 Å². The second kappa shape index (κ2) is 7.73. The molecule has 0 unspecified atom stereocenters. The molecule has 2 rings (SSSR count). The van der Waals surface area contributed by atoms with Crippen molar-refractivity contribution < 1.29 is 22.9 Å². The Bertz CT molecular complexity index is 708. The van der Waals surface area contributed by atoms with Crippen LogP contribution in [0.3, 0.4) is 0 Å². The van der Waals surface area contributed by atoms with Crippen LogP contribution in [0.4, 0.5) is 0 Å². The first-order valence-electron chi connectivity index (χ1n) is 8.99. The highest BCUT2D eigenvalue weighted by Gasteiger charge is 2.40. The van der Waals surface area contributed by atoms with Gasteiger partial charge >= 0.3 is 7.12 Å². The Kier molecular flexibility index (Phi) is 6.42. The minimum atomic E-state index is -3.57. The van der Waals surface area contributed by atoms with Crippen LogP contribution in [0.2, 0.25) is 18.1 Å². The van der Waals surface area contributed by atoms with Crippen LogP contribution < -0.4 is 5.46 Å². The van der Waals surface area contributed by atoms with Gasteiger partial charge in [0.15, 0.2) is 8.32 Å². The van der Waals surface area contributed by atoms with Gasteiger partial charge in [0.2, 0.25) is 10.0 Å². The zero-order valence-corrected chi connectivity index (χ0v) is 18.1. The Morgan fingerprint density at radius 1 is 1.12 bits per heavy atom. The number of sulfonamides is 1. The third-order valence-corrected chi connectivity index (χ3v) is 11.9. The van der Waals surface area contributed by atoms with Crippen molar-refractivity contribution >= 4 is 30.9 Å². The van der Waals surface area contributed by atoms with Gasteiger partial charge < -0.3 is 14.5 Å². The molecule has 0 atom stereocenters. The molecule has 6 nitrogen and oxygen atoms in total. The quantitative estimate of drug-likeness (QED) is 0.734. The predicted molar refractivity (Wildman–Crippen MR) is 106 cm³/mol. The number of nitrogens with zero attached hydrogens (tertiary/aromatic N) is 1. The van der Waals surface area contributed by atoms with Crippen molar-refractivity contribution in [3.8, 4) is 0 Å². The average molecular weight is 399 g/mol. The van der Waals surface area contributed by atoms with Gasteiger partial charge in [-0.3, -0.25) is 0 Å². The van der Waals surface area contributed by atoms with Crippen molar-refractivity contribution in [3.05, 3.63) is 24.3 Å². The normalized spacial score (nSPS) is 18.1. The smallest absolute Gasteiger partial charge is 0.423 e. The lowest BCUT2D eigenvalue weighted by molar-refractivity contribution is 0.120. The molecule has 1 aromatic rings. The van der Waals surface area contributed by atoms with E-state index in [0.717, 1.165) is 0 Å². The zero-order chi connectivity index (χ0) is 19.8. The SMILES string of the molecule is CC(C)(C)[Si](C)(C)OC1CCN(S(=O)(=O)c2ccc(B(O)O)cc2)CC1. The minimum absolute atomic E-state index is 0.106. The van der Waals surface area contributed by atoms with E-state index in [1.54, 1.807) is 0 Å². The summed E-state index contributed by atoms with van der Waals surface area (Å²) in [6.07, 6.45) is 1.49. The van der Waals surface area contributed by atoms with Crippen molar-refractivity contribution in [2.75, 3.05) is 13.1 Å².